The number of carbonyl (C=O) groups excluding carboxylic acids is 1. The third kappa shape index (κ3) is 4.80. The van der Waals surface area contributed by atoms with E-state index in [-0.39, 0.29) is 25.5 Å². The number of likely N-dealkylation sites (tertiary alicyclic amines) is 1. The summed E-state index contributed by atoms with van der Waals surface area (Å²) in [5, 5.41) is 2.79. The van der Waals surface area contributed by atoms with Gasteiger partial charge in [-0.2, -0.15) is 13.2 Å². The van der Waals surface area contributed by atoms with Crippen LogP contribution in [0.1, 0.15) is 25.8 Å². The summed E-state index contributed by atoms with van der Waals surface area (Å²) in [6.45, 7) is 3.75. The second-order valence-corrected chi connectivity index (χ2v) is 7.09. The molecule has 7 heteroatoms. The lowest BCUT2D eigenvalue weighted by Crippen LogP contribution is -2.54. The maximum Gasteiger partial charge on any atom is 0.392 e. The molecule has 2 amide bonds. The highest BCUT2D eigenvalue weighted by Crippen LogP contribution is 2.44. The van der Waals surface area contributed by atoms with Crippen molar-refractivity contribution in [3.63, 3.8) is 0 Å². The van der Waals surface area contributed by atoms with Crippen molar-refractivity contribution in [2.45, 2.75) is 32.9 Å². The number of halogens is 3. The summed E-state index contributed by atoms with van der Waals surface area (Å²) in [6, 6.07) is 7.21. The largest absolute Gasteiger partial charge is 0.496 e. The van der Waals surface area contributed by atoms with Crippen LogP contribution in [0.2, 0.25) is 0 Å². The maximum atomic E-state index is 13.1. The minimum atomic E-state index is -4.23. The van der Waals surface area contributed by atoms with Gasteiger partial charge in [0.25, 0.3) is 0 Å². The van der Waals surface area contributed by atoms with E-state index < -0.39 is 17.5 Å². The smallest absolute Gasteiger partial charge is 0.392 e. The van der Waals surface area contributed by atoms with Crippen LogP contribution in [0.25, 0.3) is 0 Å². The number of piperidine rings is 1. The van der Waals surface area contributed by atoms with Crippen LogP contribution in [0.4, 0.5) is 18.0 Å². The summed E-state index contributed by atoms with van der Waals surface area (Å²) in [7, 11) is 1.59. The minimum absolute atomic E-state index is 0.0591. The number of nitrogens with one attached hydrogen (secondary N) is 1. The monoisotopic (exact) mass is 358 g/mol. The Balaban J connectivity index is 1.88. The molecule has 1 N–H and O–H groups in total. The molecule has 1 heterocycles. The highest BCUT2D eigenvalue weighted by atomic mass is 19.4. The molecular formula is C18H25F3N2O2. The van der Waals surface area contributed by atoms with Crippen molar-refractivity contribution in [2.75, 3.05) is 26.7 Å². The van der Waals surface area contributed by atoms with E-state index in [1.54, 1.807) is 21.0 Å². The fourth-order valence-electron chi connectivity index (χ4n) is 3.46. The second-order valence-electron chi connectivity index (χ2n) is 7.09. The van der Waals surface area contributed by atoms with Crippen molar-refractivity contribution in [3.8, 4) is 5.75 Å². The average Bonchev–Trinajstić information content (AvgIpc) is 2.52. The molecule has 0 bridgehead atoms. The molecule has 1 aromatic rings. The molecule has 0 saturated carbocycles. The number of methoxy groups -OCH3 is 1. The zero-order valence-electron chi connectivity index (χ0n) is 14.8. The highest BCUT2D eigenvalue weighted by Gasteiger charge is 2.51. The van der Waals surface area contributed by atoms with Crippen LogP contribution in [-0.2, 0) is 6.42 Å². The van der Waals surface area contributed by atoms with Gasteiger partial charge in [-0.1, -0.05) is 32.0 Å². The van der Waals surface area contributed by atoms with Crippen molar-refractivity contribution in [1.82, 2.24) is 10.2 Å². The lowest BCUT2D eigenvalue weighted by molar-refractivity contribution is -0.214. The Kier molecular flexibility index (Phi) is 5.85. The molecule has 1 aromatic carbocycles. The third-order valence-electron chi connectivity index (χ3n) is 4.77. The number of alkyl halides is 3. The molecule has 1 fully saturated rings. The molecule has 2 rings (SSSR count). The normalized spacial score (nSPS) is 20.2. The van der Waals surface area contributed by atoms with Crippen molar-refractivity contribution in [2.24, 2.45) is 11.3 Å². The van der Waals surface area contributed by atoms with Crippen LogP contribution in [0, 0.1) is 11.3 Å². The van der Waals surface area contributed by atoms with Crippen LogP contribution in [0.3, 0.4) is 0 Å². The Morgan fingerprint density at radius 1 is 1.36 bits per heavy atom. The number of rotatable bonds is 4. The van der Waals surface area contributed by atoms with Gasteiger partial charge in [0.15, 0.2) is 0 Å². The Labute approximate surface area is 146 Å². The van der Waals surface area contributed by atoms with E-state index in [2.05, 4.69) is 5.32 Å². The molecule has 1 aliphatic heterocycles. The second kappa shape index (κ2) is 7.54. The molecule has 0 radical (unpaired) electrons. The number of benzene rings is 1. The fraction of sp³-hybridized carbons (Fsp3) is 0.611. The number of ether oxygens (including phenoxy) is 1. The summed E-state index contributed by atoms with van der Waals surface area (Å²) < 4.78 is 44.5. The summed E-state index contributed by atoms with van der Waals surface area (Å²) in [6.07, 6.45) is -3.69. The Morgan fingerprint density at radius 2 is 2.04 bits per heavy atom. The molecule has 0 aliphatic carbocycles. The topological polar surface area (TPSA) is 41.6 Å². The molecule has 0 aromatic heterocycles. The molecule has 0 spiro atoms. The van der Waals surface area contributed by atoms with Crippen molar-refractivity contribution in [3.05, 3.63) is 29.8 Å². The van der Waals surface area contributed by atoms with Gasteiger partial charge in [0, 0.05) is 19.6 Å². The summed E-state index contributed by atoms with van der Waals surface area (Å²) in [4.78, 5) is 13.8. The van der Waals surface area contributed by atoms with Gasteiger partial charge in [-0.25, -0.2) is 4.79 Å². The van der Waals surface area contributed by atoms with Crippen LogP contribution in [0.5, 0.6) is 5.75 Å². The van der Waals surface area contributed by atoms with E-state index in [9.17, 15) is 18.0 Å². The van der Waals surface area contributed by atoms with Crippen LogP contribution in [-0.4, -0.2) is 43.9 Å². The quantitative estimate of drug-likeness (QED) is 0.888. The first-order valence-electron chi connectivity index (χ1n) is 8.36. The van der Waals surface area contributed by atoms with E-state index in [1.165, 1.54) is 4.90 Å². The number of urea groups is 1. The Hall–Kier alpha value is -1.92. The number of amides is 2. The van der Waals surface area contributed by atoms with E-state index in [0.717, 1.165) is 11.3 Å². The molecular weight excluding hydrogens is 333 g/mol. The van der Waals surface area contributed by atoms with Gasteiger partial charge in [-0.3, -0.25) is 0 Å². The first-order valence-corrected chi connectivity index (χ1v) is 8.36. The molecule has 1 aliphatic rings. The summed E-state index contributed by atoms with van der Waals surface area (Å²) in [5.74, 6) is -0.624. The molecule has 1 saturated heterocycles. The van der Waals surface area contributed by atoms with Gasteiger partial charge in [0.2, 0.25) is 0 Å². The van der Waals surface area contributed by atoms with E-state index in [0.29, 0.717) is 13.0 Å². The predicted molar refractivity (Wildman–Crippen MR) is 89.6 cm³/mol. The number of carbonyl (C=O) groups is 1. The van der Waals surface area contributed by atoms with Crippen LogP contribution >= 0.6 is 0 Å². The zero-order valence-corrected chi connectivity index (χ0v) is 14.8. The van der Waals surface area contributed by atoms with Gasteiger partial charge in [0.1, 0.15) is 5.75 Å². The Morgan fingerprint density at radius 3 is 2.64 bits per heavy atom. The van der Waals surface area contributed by atoms with Gasteiger partial charge >= 0.3 is 12.2 Å². The van der Waals surface area contributed by atoms with Gasteiger partial charge in [-0.05, 0) is 29.9 Å². The van der Waals surface area contributed by atoms with Crippen molar-refractivity contribution in [1.29, 1.82) is 0 Å². The lowest BCUT2D eigenvalue weighted by Gasteiger charge is -2.44. The van der Waals surface area contributed by atoms with E-state index in [4.69, 9.17) is 4.74 Å². The average molecular weight is 358 g/mol. The van der Waals surface area contributed by atoms with Crippen LogP contribution in [0.15, 0.2) is 24.3 Å². The minimum Gasteiger partial charge on any atom is -0.496 e. The van der Waals surface area contributed by atoms with Crippen LogP contribution < -0.4 is 10.1 Å². The maximum absolute atomic E-state index is 13.1. The van der Waals surface area contributed by atoms with E-state index in [1.807, 2.05) is 24.3 Å². The lowest BCUT2D eigenvalue weighted by atomic mass is 9.73. The predicted octanol–water partition coefficient (Wildman–Crippen LogP) is 3.86. The molecule has 1 atom stereocenters. The summed E-state index contributed by atoms with van der Waals surface area (Å²) >= 11 is 0. The first kappa shape index (κ1) is 19.4. The SMILES string of the molecule is COc1ccccc1CCNC(=O)N1CC[C@H](C(F)(F)F)C(C)(C)C1. The van der Waals surface area contributed by atoms with Crippen molar-refractivity contribution >= 4 is 6.03 Å². The Bertz CT molecular complexity index is 602. The molecule has 0 unspecified atom stereocenters. The van der Waals surface area contributed by atoms with Crippen molar-refractivity contribution < 1.29 is 22.7 Å². The number of hydrogen-bond donors (Lipinski definition) is 1. The molecule has 140 valence electrons. The summed E-state index contributed by atoms with van der Waals surface area (Å²) in [5.41, 5.74) is -0.0161. The number of hydrogen-bond acceptors (Lipinski definition) is 2. The fourth-order valence-corrected chi connectivity index (χ4v) is 3.46. The standard InChI is InChI=1S/C18H25F3N2O2/c1-17(2)12-23(11-9-15(17)18(19,20)21)16(24)22-10-8-13-6-4-5-7-14(13)25-3/h4-7,15H,8-12H2,1-3H3,(H,22,24)/t15-/m0/s1. The zero-order chi connectivity index (χ0) is 18.7. The number of nitrogens with zero attached hydrogens (tertiary/aromatic N) is 1. The van der Waals surface area contributed by atoms with Gasteiger partial charge in [-0.15, -0.1) is 0 Å². The van der Waals surface area contributed by atoms with Gasteiger partial charge < -0.3 is 15.0 Å². The van der Waals surface area contributed by atoms with Gasteiger partial charge in [0.05, 0.1) is 13.0 Å². The highest BCUT2D eigenvalue weighted by molar-refractivity contribution is 5.74. The molecule has 25 heavy (non-hydrogen) atoms. The number of para-hydroxylation sites is 1. The van der Waals surface area contributed by atoms with E-state index >= 15 is 0 Å². The first-order chi connectivity index (χ1) is 11.6. The third-order valence-corrected chi connectivity index (χ3v) is 4.77. The molecule has 4 nitrogen and oxygen atoms in total.